The molecule has 0 saturated heterocycles. The van der Waals surface area contributed by atoms with Crippen molar-refractivity contribution < 1.29 is 14.4 Å². The van der Waals surface area contributed by atoms with E-state index in [2.05, 4.69) is 19.4 Å². The topological polar surface area (TPSA) is 55.7 Å². The number of aromatic nitrogens is 1. The molecule has 5 nitrogen and oxygen atoms in total. The molecule has 1 amide bonds. The first-order chi connectivity index (χ1) is 13.1. The Bertz CT molecular complexity index is 938. The zero-order chi connectivity index (χ0) is 19.2. The molecule has 3 aromatic rings. The van der Waals surface area contributed by atoms with Crippen molar-refractivity contribution in [2.24, 2.45) is 0 Å². The number of methoxy groups -OCH3 is 1. The number of ether oxygens (including phenoxy) is 1. The van der Waals surface area contributed by atoms with Crippen molar-refractivity contribution in [3.8, 4) is 17.0 Å². The minimum absolute atomic E-state index is 0.0634. The number of quaternary nitrogens is 1. The fraction of sp³-hybridized carbons (Fsp3) is 0.273. The molecule has 140 valence electrons. The highest BCUT2D eigenvalue weighted by atomic mass is 16.5. The van der Waals surface area contributed by atoms with Crippen molar-refractivity contribution in [2.75, 3.05) is 34.3 Å². The Labute approximate surface area is 160 Å². The van der Waals surface area contributed by atoms with Crippen LogP contribution in [0.15, 0.2) is 54.6 Å². The molecule has 0 saturated carbocycles. The zero-order valence-electron chi connectivity index (χ0n) is 16.1. The van der Waals surface area contributed by atoms with E-state index in [1.807, 2.05) is 54.6 Å². The summed E-state index contributed by atoms with van der Waals surface area (Å²) < 4.78 is 5.32. The quantitative estimate of drug-likeness (QED) is 0.632. The maximum atomic E-state index is 12.8. The molecule has 0 unspecified atom stereocenters. The number of para-hydroxylation sites is 1. The number of carbonyl (C=O) groups is 1. The van der Waals surface area contributed by atoms with Crippen LogP contribution in [0.1, 0.15) is 16.8 Å². The molecule has 0 bridgehead atoms. The van der Waals surface area contributed by atoms with Crippen LogP contribution in [0.4, 0.5) is 0 Å². The van der Waals surface area contributed by atoms with E-state index in [9.17, 15) is 4.79 Å². The minimum Gasteiger partial charge on any atom is -0.497 e. The fourth-order valence-electron chi connectivity index (χ4n) is 3.03. The van der Waals surface area contributed by atoms with Gasteiger partial charge in [0.15, 0.2) is 0 Å². The second kappa shape index (κ2) is 8.64. The molecule has 0 aliphatic heterocycles. The molecule has 0 aliphatic rings. The van der Waals surface area contributed by atoms with Gasteiger partial charge in [-0.25, -0.2) is 4.98 Å². The van der Waals surface area contributed by atoms with Crippen LogP contribution >= 0.6 is 0 Å². The Kier molecular flexibility index (Phi) is 6.04. The number of benzene rings is 2. The Morgan fingerprint density at radius 3 is 2.70 bits per heavy atom. The summed E-state index contributed by atoms with van der Waals surface area (Å²) in [4.78, 5) is 19.0. The lowest BCUT2D eigenvalue weighted by Crippen LogP contribution is -3.05. The van der Waals surface area contributed by atoms with E-state index in [0.717, 1.165) is 40.9 Å². The average Bonchev–Trinajstić information content (AvgIpc) is 2.70. The van der Waals surface area contributed by atoms with E-state index in [-0.39, 0.29) is 5.91 Å². The maximum absolute atomic E-state index is 12.8. The van der Waals surface area contributed by atoms with Gasteiger partial charge in [-0.2, -0.15) is 0 Å². The zero-order valence-corrected chi connectivity index (χ0v) is 16.1. The lowest BCUT2D eigenvalue weighted by Gasteiger charge is -2.12. The van der Waals surface area contributed by atoms with Gasteiger partial charge in [-0.3, -0.25) is 4.79 Å². The van der Waals surface area contributed by atoms with Gasteiger partial charge in [0, 0.05) is 23.9 Å². The first kappa shape index (κ1) is 18.9. The lowest BCUT2D eigenvalue weighted by atomic mass is 10.0. The van der Waals surface area contributed by atoms with Gasteiger partial charge >= 0.3 is 0 Å². The molecule has 0 spiro atoms. The van der Waals surface area contributed by atoms with Crippen LogP contribution in [0.5, 0.6) is 5.75 Å². The van der Waals surface area contributed by atoms with E-state index in [4.69, 9.17) is 9.72 Å². The highest BCUT2D eigenvalue weighted by Gasteiger charge is 2.14. The number of nitrogens with zero attached hydrogens (tertiary/aromatic N) is 1. The average molecular weight is 364 g/mol. The number of hydrogen-bond donors (Lipinski definition) is 2. The van der Waals surface area contributed by atoms with Gasteiger partial charge in [0.1, 0.15) is 5.75 Å². The minimum atomic E-state index is -0.0634. The Morgan fingerprint density at radius 1 is 1.11 bits per heavy atom. The van der Waals surface area contributed by atoms with E-state index in [1.54, 1.807) is 7.11 Å². The summed E-state index contributed by atoms with van der Waals surface area (Å²) in [6.45, 7) is 1.68. The second-order valence-corrected chi connectivity index (χ2v) is 6.87. The Hall–Kier alpha value is -2.92. The number of nitrogens with one attached hydrogen (secondary N) is 2. The van der Waals surface area contributed by atoms with E-state index in [0.29, 0.717) is 12.1 Å². The van der Waals surface area contributed by atoms with Crippen LogP contribution in [0.2, 0.25) is 0 Å². The third-order valence-electron chi connectivity index (χ3n) is 4.47. The number of hydrogen-bond acceptors (Lipinski definition) is 3. The van der Waals surface area contributed by atoms with Gasteiger partial charge in [-0.15, -0.1) is 0 Å². The summed E-state index contributed by atoms with van der Waals surface area (Å²) in [5.41, 5.74) is 3.14. The van der Waals surface area contributed by atoms with Crippen molar-refractivity contribution in [3.05, 3.63) is 60.2 Å². The van der Waals surface area contributed by atoms with E-state index < -0.39 is 0 Å². The first-order valence-electron chi connectivity index (χ1n) is 9.20. The summed E-state index contributed by atoms with van der Waals surface area (Å²) >= 11 is 0. The molecule has 0 atom stereocenters. The molecule has 1 aromatic heterocycles. The van der Waals surface area contributed by atoms with Crippen LogP contribution in [0.25, 0.3) is 22.2 Å². The molecule has 3 rings (SSSR count). The van der Waals surface area contributed by atoms with Crippen molar-refractivity contribution in [1.82, 2.24) is 10.3 Å². The molecule has 0 aliphatic carbocycles. The second-order valence-electron chi connectivity index (χ2n) is 6.87. The van der Waals surface area contributed by atoms with Crippen molar-refractivity contribution in [1.29, 1.82) is 0 Å². The van der Waals surface area contributed by atoms with Gasteiger partial charge in [-0.05, 0) is 24.3 Å². The molecule has 0 fully saturated rings. The summed E-state index contributed by atoms with van der Waals surface area (Å²) in [6.07, 6.45) is 0.944. The van der Waals surface area contributed by atoms with Crippen molar-refractivity contribution in [3.63, 3.8) is 0 Å². The number of rotatable bonds is 7. The third-order valence-corrected chi connectivity index (χ3v) is 4.47. The standard InChI is InChI=1S/C22H25N3O2/c1-25(2)13-7-12-23-22(26)19-15-21(16-8-6-9-17(14-16)27-3)24-20-11-5-4-10-18(19)20/h4-6,8-11,14-15H,7,12-13H2,1-3H3,(H,23,26)/p+1. The number of carbonyl (C=O) groups excluding carboxylic acids is 1. The van der Waals surface area contributed by atoms with Crippen molar-refractivity contribution in [2.45, 2.75) is 6.42 Å². The van der Waals surface area contributed by atoms with Crippen LogP contribution in [-0.4, -0.2) is 45.2 Å². The highest BCUT2D eigenvalue weighted by Crippen LogP contribution is 2.27. The van der Waals surface area contributed by atoms with Gasteiger partial charge in [0.2, 0.25) is 0 Å². The summed E-state index contributed by atoms with van der Waals surface area (Å²) in [7, 11) is 5.86. The van der Waals surface area contributed by atoms with Crippen LogP contribution in [-0.2, 0) is 0 Å². The smallest absolute Gasteiger partial charge is 0.252 e. The number of pyridine rings is 1. The Morgan fingerprint density at radius 2 is 1.93 bits per heavy atom. The largest absolute Gasteiger partial charge is 0.497 e. The maximum Gasteiger partial charge on any atom is 0.252 e. The lowest BCUT2D eigenvalue weighted by molar-refractivity contribution is -0.858. The molecule has 2 N–H and O–H groups in total. The van der Waals surface area contributed by atoms with Gasteiger partial charge in [0.25, 0.3) is 5.91 Å². The summed E-state index contributed by atoms with van der Waals surface area (Å²) in [5.74, 6) is 0.700. The predicted molar refractivity (Wildman–Crippen MR) is 108 cm³/mol. The highest BCUT2D eigenvalue weighted by molar-refractivity contribution is 6.07. The molecular formula is C22H26N3O2+. The van der Waals surface area contributed by atoms with Crippen LogP contribution < -0.4 is 15.0 Å². The SMILES string of the molecule is COc1cccc(-c2cc(C(=O)NCCC[NH+](C)C)c3ccccc3n2)c1. The third kappa shape index (κ3) is 4.63. The normalized spacial score (nSPS) is 11.0. The van der Waals surface area contributed by atoms with E-state index >= 15 is 0 Å². The summed E-state index contributed by atoms with van der Waals surface area (Å²) in [6, 6.07) is 17.3. The van der Waals surface area contributed by atoms with Gasteiger partial charge in [-0.1, -0.05) is 30.3 Å². The number of fused-ring (bicyclic) bond motifs is 1. The first-order valence-corrected chi connectivity index (χ1v) is 9.20. The molecule has 0 radical (unpaired) electrons. The Balaban J connectivity index is 1.94. The van der Waals surface area contributed by atoms with E-state index in [1.165, 1.54) is 4.90 Å². The molecule has 27 heavy (non-hydrogen) atoms. The number of amides is 1. The van der Waals surface area contributed by atoms with Crippen LogP contribution in [0, 0.1) is 0 Å². The monoisotopic (exact) mass is 364 g/mol. The molecule has 2 aromatic carbocycles. The molecule has 5 heteroatoms. The van der Waals surface area contributed by atoms with Gasteiger partial charge in [0.05, 0.1) is 44.5 Å². The predicted octanol–water partition coefficient (Wildman–Crippen LogP) is 2.17. The fourth-order valence-corrected chi connectivity index (χ4v) is 3.03. The summed E-state index contributed by atoms with van der Waals surface area (Å²) in [5, 5.41) is 3.90. The molecule has 1 heterocycles. The molecular weight excluding hydrogens is 338 g/mol. The van der Waals surface area contributed by atoms with Crippen molar-refractivity contribution >= 4 is 16.8 Å². The van der Waals surface area contributed by atoms with Gasteiger partial charge < -0.3 is 15.0 Å². The van der Waals surface area contributed by atoms with Crippen LogP contribution in [0.3, 0.4) is 0 Å².